The molecule has 0 radical (unpaired) electrons. The van der Waals surface area contributed by atoms with E-state index in [1.165, 1.54) is 0 Å². The van der Waals surface area contributed by atoms with E-state index in [1.54, 1.807) is 19.9 Å². The summed E-state index contributed by atoms with van der Waals surface area (Å²) >= 11 is 1.16. The van der Waals surface area contributed by atoms with E-state index in [4.69, 9.17) is 14.2 Å². The van der Waals surface area contributed by atoms with Crippen LogP contribution in [-0.2, 0) is 4.74 Å². The zero-order valence-corrected chi connectivity index (χ0v) is 16.2. The molecular formula is C20H18N2O5S. The number of nitrogens with zero attached hydrogens (tertiary/aromatic N) is 1. The van der Waals surface area contributed by atoms with Gasteiger partial charge < -0.3 is 19.2 Å². The highest BCUT2D eigenvalue weighted by molar-refractivity contribution is 7.20. The van der Waals surface area contributed by atoms with Gasteiger partial charge in [-0.2, -0.15) is 0 Å². The van der Waals surface area contributed by atoms with Crippen molar-refractivity contribution in [2.75, 3.05) is 19.8 Å². The molecule has 0 spiro atoms. The number of hydrogen-bond donors (Lipinski definition) is 1. The normalized spacial score (nSPS) is 13.2. The van der Waals surface area contributed by atoms with Crippen LogP contribution in [0.25, 0.3) is 22.4 Å². The van der Waals surface area contributed by atoms with Gasteiger partial charge in [-0.3, -0.25) is 4.79 Å². The summed E-state index contributed by atoms with van der Waals surface area (Å²) in [4.78, 5) is 32.7. The molecule has 2 aromatic heterocycles. The number of aromatic nitrogens is 2. The fraction of sp³-hybridized carbons (Fsp3) is 0.250. The summed E-state index contributed by atoms with van der Waals surface area (Å²) in [5.41, 5.74) is 1.20. The molecule has 4 rings (SSSR count). The molecule has 1 aliphatic heterocycles. The fourth-order valence-corrected chi connectivity index (χ4v) is 4.05. The molecule has 1 aromatic carbocycles. The van der Waals surface area contributed by atoms with Crippen LogP contribution in [-0.4, -0.2) is 35.8 Å². The summed E-state index contributed by atoms with van der Waals surface area (Å²) in [5, 5.41) is 0.421. The Morgan fingerprint density at radius 1 is 1.29 bits per heavy atom. The number of thiophene rings is 1. The first kappa shape index (κ1) is 18.2. The van der Waals surface area contributed by atoms with Gasteiger partial charge in [-0.15, -0.1) is 11.3 Å². The lowest BCUT2D eigenvalue weighted by molar-refractivity contribution is 0.0531. The molecule has 0 amide bonds. The van der Waals surface area contributed by atoms with Gasteiger partial charge in [0, 0.05) is 0 Å². The van der Waals surface area contributed by atoms with Crippen LogP contribution in [0.3, 0.4) is 0 Å². The molecule has 28 heavy (non-hydrogen) atoms. The Balaban J connectivity index is 1.67. The van der Waals surface area contributed by atoms with Crippen molar-refractivity contribution in [2.24, 2.45) is 0 Å². The van der Waals surface area contributed by atoms with E-state index in [0.717, 1.165) is 22.6 Å². The average molecular weight is 398 g/mol. The lowest BCUT2D eigenvalue weighted by Crippen LogP contribution is -2.15. The third kappa shape index (κ3) is 3.38. The van der Waals surface area contributed by atoms with Crippen molar-refractivity contribution in [3.05, 3.63) is 50.4 Å². The summed E-state index contributed by atoms with van der Waals surface area (Å²) in [6, 6.07) is 5.62. The maximum absolute atomic E-state index is 12.5. The van der Waals surface area contributed by atoms with Crippen LogP contribution in [0.1, 0.15) is 33.5 Å². The summed E-state index contributed by atoms with van der Waals surface area (Å²) in [6.45, 7) is 4.81. The Bertz CT molecular complexity index is 1150. The smallest absolute Gasteiger partial charge is 0.348 e. The maximum Gasteiger partial charge on any atom is 0.348 e. The predicted molar refractivity (Wildman–Crippen MR) is 107 cm³/mol. The number of ether oxygens (including phenoxy) is 3. The van der Waals surface area contributed by atoms with E-state index < -0.39 is 5.97 Å². The largest absolute Gasteiger partial charge is 0.486 e. The molecule has 0 unspecified atom stereocenters. The highest BCUT2D eigenvalue weighted by Crippen LogP contribution is 2.31. The van der Waals surface area contributed by atoms with Crippen LogP contribution in [0.4, 0.5) is 0 Å². The molecule has 3 aromatic rings. The van der Waals surface area contributed by atoms with Gasteiger partial charge in [0.15, 0.2) is 11.5 Å². The number of carbonyl (C=O) groups is 1. The van der Waals surface area contributed by atoms with Gasteiger partial charge in [0.25, 0.3) is 5.56 Å². The van der Waals surface area contributed by atoms with Crippen molar-refractivity contribution in [1.82, 2.24) is 9.97 Å². The van der Waals surface area contributed by atoms with E-state index in [0.29, 0.717) is 45.4 Å². The van der Waals surface area contributed by atoms with E-state index in [1.807, 2.05) is 24.3 Å². The van der Waals surface area contributed by atoms with Crippen LogP contribution in [0.15, 0.2) is 23.0 Å². The number of esters is 1. The van der Waals surface area contributed by atoms with Crippen molar-refractivity contribution in [2.45, 2.75) is 13.8 Å². The van der Waals surface area contributed by atoms with Crippen molar-refractivity contribution in [3.63, 3.8) is 0 Å². The molecule has 3 heterocycles. The molecular weight excluding hydrogens is 380 g/mol. The van der Waals surface area contributed by atoms with Gasteiger partial charge in [0.1, 0.15) is 28.7 Å². The molecule has 0 aliphatic carbocycles. The van der Waals surface area contributed by atoms with Gasteiger partial charge in [0.2, 0.25) is 0 Å². The second-order valence-corrected chi connectivity index (χ2v) is 7.14. The third-order valence-corrected chi connectivity index (χ3v) is 5.45. The lowest BCUT2D eigenvalue weighted by atomic mass is 10.1. The third-order valence-electron chi connectivity index (χ3n) is 4.28. The maximum atomic E-state index is 12.5. The Kier molecular flexibility index (Phi) is 4.87. The molecule has 0 saturated carbocycles. The van der Waals surface area contributed by atoms with Gasteiger partial charge in [-0.1, -0.05) is 12.1 Å². The second-order valence-electron chi connectivity index (χ2n) is 6.14. The number of rotatable bonds is 4. The number of H-pyrrole nitrogens is 1. The SMILES string of the molecule is CCOC(=O)c1sc2nc(/C=C/c3ccc4c(c3)OCCO4)[nH]c(=O)c2c1C. The summed E-state index contributed by atoms with van der Waals surface area (Å²) in [7, 11) is 0. The van der Waals surface area contributed by atoms with Gasteiger partial charge in [0.05, 0.1) is 12.0 Å². The minimum Gasteiger partial charge on any atom is -0.486 e. The number of benzene rings is 1. The van der Waals surface area contributed by atoms with Gasteiger partial charge in [-0.05, 0) is 43.2 Å². The minimum absolute atomic E-state index is 0.278. The van der Waals surface area contributed by atoms with Crippen molar-refractivity contribution in [3.8, 4) is 11.5 Å². The van der Waals surface area contributed by atoms with Crippen LogP contribution in [0.2, 0.25) is 0 Å². The van der Waals surface area contributed by atoms with Gasteiger partial charge in [-0.25, -0.2) is 9.78 Å². The first-order valence-electron chi connectivity index (χ1n) is 8.85. The minimum atomic E-state index is -0.434. The van der Waals surface area contributed by atoms with E-state index in [9.17, 15) is 9.59 Å². The Labute approximate surface area is 164 Å². The number of nitrogens with one attached hydrogen (secondary N) is 1. The zero-order chi connectivity index (χ0) is 19.7. The molecule has 0 atom stereocenters. The summed E-state index contributed by atoms with van der Waals surface area (Å²) < 4.78 is 16.1. The molecule has 8 heteroatoms. The molecule has 144 valence electrons. The summed E-state index contributed by atoms with van der Waals surface area (Å²) in [6.07, 6.45) is 3.54. The van der Waals surface area contributed by atoms with Crippen molar-refractivity contribution in [1.29, 1.82) is 0 Å². The lowest BCUT2D eigenvalue weighted by Gasteiger charge is -2.18. The number of aryl methyl sites for hydroxylation is 1. The predicted octanol–water partition coefficient (Wildman–Crippen LogP) is 3.41. The first-order valence-corrected chi connectivity index (χ1v) is 9.66. The number of hydrogen-bond acceptors (Lipinski definition) is 7. The number of carbonyl (C=O) groups excluding carboxylic acids is 1. The molecule has 0 saturated heterocycles. The number of aromatic amines is 1. The monoisotopic (exact) mass is 398 g/mol. The standard InChI is InChI=1S/C20H18N2O5S/c1-3-25-20(24)17-11(2)16-18(23)21-15(22-19(16)28-17)7-5-12-4-6-13-14(10-12)27-9-8-26-13/h4-7,10H,3,8-9H2,1-2H3,(H,21,22,23)/b7-5+. The van der Waals surface area contributed by atoms with Crippen molar-refractivity contribution >= 4 is 39.7 Å². The zero-order valence-electron chi connectivity index (χ0n) is 15.4. The highest BCUT2D eigenvalue weighted by Gasteiger charge is 2.19. The molecule has 0 bridgehead atoms. The number of fused-ring (bicyclic) bond motifs is 2. The molecule has 7 nitrogen and oxygen atoms in total. The topological polar surface area (TPSA) is 90.5 Å². The Hall–Kier alpha value is -3.13. The highest BCUT2D eigenvalue weighted by atomic mass is 32.1. The van der Waals surface area contributed by atoms with E-state index in [2.05, 4.69) is 9.97 Å². The van der Waals surface area contributed by atoms with E-state index >= 15 is 0 Å². The quantitative estimate of drug-likeness (QED) is 0.678. The van der Waals surface area contributed by atoms with E-state index in [-0.39, 0.29) is 12.2 Å². The van der Waals surface area contributed by atoms with Crippen LogP contribution in [0, 0.1) is 6.92 Å². The molecule has 0 fully saturated rings. The molecule has 1 N–H and O–H groups in total. The van der Waals surface area contributed by atoms with Crippen LogP contribution < -0.4 is 15.0 Å². The Morgan fingerprint density at radius 3 is 2.86 bits per heavy atom. The van der Waals surface area contributed by atoms with Crippen LogP contribution >= 0.6 is 11.3 Å². The van der Waals surface area contributed by atoms with Crippen LogP contribution in [0.5, 0.6) is 11.5 Å². The Morgan fingerprint density at radius 2 is 2.07 bits per heavy atom. The summed E-state index contributed by atoms with van der Waals surface area (Å²) in [5.74, 6) is 1.38. The van der Waals surface area contributed by atoms with Gasteiger partial charge >= 0.3 is 5.97 Å². The second kappa shape index (κ2) is 7.47. The average Bonchev–Trinajstić information content (AvgIpc) is 3.03. The fourth-order valence-electron chi connectivity index (χ4n) is 2.97. The van der Waals surface area contributed by atoms with Crippen molar-refractivity contribution < 1.29 is 19.0 Å². The molecule has 1 aliphatic rings. The first-order chi connectivity index (χ1) is 13.6.